The van der Waals surface area contributed by atoms with Crippen LogP contribution in [-0.2, 0) is 0 Å². The third-order valence-electron chi connectivity index (χ3n) is 14.7. The average molecular weight is 732 g/mol. The molecule has 0 amide bonds. The summed E-state index contributed by atoms with van der Waals surface area (Å²) in [5.74, 6) is 0. The van der Waals surface area contributed by atoms with Gasteiger partial charge in [-0.25, -0.2) is 0 Å². The van der Waals surface area contributed by atoms with Gasteiger partial charge in [-0.3, -0.25) is 0 Å². The van der Waals surface area contributed by atoms with Crippen LogP contribution in [0.3, 0.4) is 0 Å². The van der Waals surface area contributed by atoms with E-state index in [0.717, 1.165) is 0 Å². The first kappa shape index (κ1) is 29.1. The molecule has 4 aliphatic rings. The minimum atomic E-state index is 0.0157. The lowest BCUT2D eigenvalue weighted by molar-refractivity contribution is 1.17. The lowest BCUT2D eigenvalue weighted by Crippen LogP contribution is -2.55. The SMILES string of the molecule is Cc1cc2c3c4c1c1ccccc1n4-c1ccccc1B3n1c3c-2cccc3c2c1c1cccc3c1n2B1c2ccccc2-n2c4ccccc4c4c(C)cc-3c1c42. The lowest BCUT2D eigenvalue weighted by Gasteiger charge is -2.34. The van der Waals surface area contributed by atoms with Crippen molar-refractivity contribution in [3.63, 3.8) is 0 Å². The molecule has 12 aromatic rings. The minimum absolute atomic E-state index is 0.0157. The Bertz CT molecular complexity index is 3760. The summed E-state index contributed by atoms with van der Waals surface area (Å²) in [6.45, 7) is 4.67. The summed E-state index contributed by atoms with van der Waals surface area (Å²) in [5, 5.41) is 8.07. The van der Waals surface area contributed by atoms with Crippen molar-refractivity contribution in [3.8, 4) is 33.6 Å². The van der Waals surface area contributed by atoms with Gasteiger partial charge < -0.3 is 18.1 Å². The number of fused-ring (bicyclic) bond motifs is 21. The second-order valence-corrected chi connectivity index (χ2v) is 17.2. The predicted octanol–water partition coefficient (Wildman–Crippen LogP) is 9.46. The number of aromatic nitrogens is 4. The topological polar surface area (TPSA) is 19.7 Å². The van der Waals surface area contributed by atoms with Gasteiger partial charge in [0.2, 0.25) is 0 Å². The van der Waals surface area contributed by atoms with Gasteiger partial charge in [0, 0.05) is 65.9 Å². The molecule has 0 unspecified atom stereocenters. The maximum Gasteiger partial charge on any atom is 0.333 e. The molecule has 4 aliphatic heterocycles. The van der Waals surface area contributed by atoms with Crippen LogP contribution < -0.4 is 21.9 Å². The molecule has 0 atom stereocenters. The molecule has 16 rings (SSSR count). The molecule has 4 aromatic heterocycles. The Labute approximate surface area is 333 Å². The first-order valence-corrected chi connectivity index (χ1v) is 20.6. The van der Waals surface area contributed by atoms with Crippen molar-refractivity contribution in [2.24, 2.45) is 0 Å². The highest BCUT2D eigenvalue weighted by Crippen LogP contribution is 2.50. The number of hydrogen-bond donors (Lipinski definition) is 0. The quantitative estimate of drug-likeness (QED) is 0.139. The van der Waals surface area contributed by atoms with Gasteiger partial charge in [-0.2, -0.15) is 0 Å². The average Bonchev–Trinajstić information content (AvgIpc) is 4.00. The number of rotatable bonds is 0. The molecule has 0 bridgehead atoms. The van der Waals surface area contributed by atoms with Crippen LogP contribution in [0.4, 0.5) is 0 Å². The Morgan fingerprint density at radius 1 is 0.362 bits per heavy atom. The van der Waals surface area contributed by atoms with Crippen LogP contribution in [0.15, 0.2) is 146 Å². The fraction of sp³-hybridized carbons (Fsp3) is 0.0385. The molecule has 58 heavy (non-hydrogen) atoms. The highest BCUT2D eigenvalue weighted by Gasteiger charge is 2.46. The van der Waals surface area contributed by atoms with Gasteiger partial charge in [-0.1, -0.05) is 121 Å². The zero-order chi connectivity index (χ0) is 37.4. The maximum absolute atomic E-state index is 2.78. The molecule has 0 N–H and O–H groups in total. The first-order valence-electron chi connectivity index (χ1n) is 20.6. The molecular formula is C52H30B2N4. The van der Waals surface area contributed by atoms with E-state index in [1.807, 2.05) is 0 Å². The van der Waals surface area contributed by atoms with Crippen molar-refractivity contribution in [1.82, 2.24) is 18.1 Å². The third kappa shape index (κ3) is 2.88. The fourth-order valence-corrected chi connectivity index (χ4v) is 12.9. The molecular weight excluding hydrogens is 702 g/mol. The third-order valence-corrected chi connectivity index (χ3v) is 14.7. The predicted molar refractivity (Wildman–Crippen MR) is 245 cm³/mol. The Hall–Kier alpha value is -7.17. The fourth-order valence-electron chi connectivity index (χ4n) is 12.9. The van der Waals surface area contributed by atoms with E-state index in [0.29, 0.717) is 0 Å². The normalized spacial score (nSPS) is 14.0. The van der Waals surface area contributed by atoms with E-state index < -0.39 is 0 Å². The van der Waals surface area contributed by atoms with E-state index in [1.54, 1.807) is 0 Å². The molecule has 0 saturated carbocycles. The van der Waals surface area contributed by atoms with Gasteiger partial charge in [0.25, 0.3) is 0 Å². The van der Waals surface area contributed by atoms with E-state index in [1.165, 1.54) is 143 Å². The molecule has 4 nitrogen and oxygen atoms in total. The summed E-state index contributed by atoms with van der Waals surface area (Å²) in [6.07, 6.45) is 0. The number of hydrogen-bond acceptors (Lipinski definition) is 0. The van der Waals surface area contributed by atoms with Crippen molar-refractivity contribution in [2.45, 2.75) is 13.8 Å². The summed E-state index contributed by atoms with van der Waals surface area (Å²) in [6, 6.07) is 55.7. The van der Waals surface area contributed by atoms with E-state index in [9.17, 15) is 0 Å². The van der Waals surface area contributed by atoms with Gasteiger partial charge in [0.1, 0.15) is 0 Å². The molecule has 8 aromatic carbocycles. The standard InChI is InChI=1S/C52H30B2N4/c1-27-25-35-29-15-11-17-33-47(29)57(53-37-19-5-9-23-41(37)55-39-21-7-3-13-31(39)43(27)51(55)45(35)53)50-34-18-12-16-30-36-26-28(2)44-32-14-4-8-22-40(32)56-42-24-10-6-20-38(42)54(46(36)52(44)56)58(48(30)34)49(33)50/h3-26H,1-2H3. The van der Waals surface area contributed by atoms with E-state index in [-0.39, 0.29) is 13.7 Å². The number of para-hydroxylation sites is 6. The number of aryl methyl sites for hydroxylation is 2. The molecule has 0 aliphatic carbocycles. The van der Waals surface area contributed by atoms with Crippen molar-refractivity contribution in [3.05, 3.63) is 157 Å². The van der Waals surface area contributed by atoms with Gasteiger partial charge in [-0.05, 0) is 82.2 Å². The van der Waals surface area contributed by atoms with E-state index >= 15 is 0 Å². The molecule has 0 radical (unpaired) electrons. The van der Waals surface area contributed by atoms with Crippen LogP contribution >= 0.6 is 0 Å². The Morgan fingerprint density at radius 2 is 0.776 bits per heavy atom. The second-order valence-electron chi connectivity index (χ2n) is 17.2. The van der Waals surface area contributed by atoms with E-state index in [2.05, 4.69) is 178 Å². The highest BCUT2D eigenvalue weighted by molar-refractivity contribution is 6.92. The molecule has 0 fully saturated rings. The van der Waals surface area contributed by atoms with Crippen LogP contribution in [0.5, 0.6) is 0 Å². The smallest absolute Gasteiger partial charge is 0.333 e. The molecule has 6 heteroatoms. The summed E-state index contributed by atoms with van der Waals surface area (Å²) in [7, 11) is 0. The largest absolute Gasteiger partial charge is 0.374 e. The zero-order valence-electron chi connectivity index (χ0n) is 31.8. The Kier molecular flexibility index (Phi) is 4.69. The van der Waals surface area contributed by atoms with Crippen molar-refractivity contribution < 1.29 is 0 Å². The maximum atomic E-state index is 2.78. The summed E-state index contributed by atoms with van der Waals surface area (Å²) in [5.41, 5.74) is 26.8. The summed E-state index contributed by atoms with van der Waals surface area (Å²) < 4.78 is 10.7. The zero-order valence-corrected chi connectivity index (χ0v) is 31.8. The summed E-state index contributed by atoms with van der Waals surface area (Å²) >= 11 is 0. The molecule has 0 saturated heterocycles. The van der Waals surface area contributed by atoms with Gasteiger partial charge in [0.15, 0.2) is 0 Å². The Morgan fingerprint density at radius 3 is 1.26 bits per heavy atom. The molecule has 264 valence electrons. The van der Waals surface area contributed by atoms with Gasteiger partial charge >= 0.3 is 13.7 Å². The van der Waals surface area contributed by atoms with Crippen LogP contribution in [0.1, 0.15) is 11.1 Å². The van der Waals surface area contributed by atoms with Crippen LogP contribution in [-0.4, -0.2) is 31.8 Å². The molecule has 8 heterocycles. The summed E-state index contributed by atoms with van der Waals surface area (Å²) in [4.78, 5) is 0. The van der Waals surface area contributed by atoms with Crippen LogP contribution in [0, 0.1) is 13.8 Å². The lowest BCUT2D eigenvalue weighted by atomic mass is 9.45. The van der Waals surface area contributed by atoms with Crippen molar-refractivity contribution >= 4 is 112 Å². The van der Waals surface area contributed by atoms with Crippen molar-refractivity contribution in [1.29, 1.82) is 0 Å². The Balaban J connectivity index is 1.14. The van der Waals surface area contributed by atoms with Gasteiger partial charge in [-0.15, -0.1) is 0 Å². The minimum Gasteiger partial charge on any atom is -0.374 e. The monoisotopic (exact) mass is 732 g/mol. The van der Waals surface area contributed by atoms with Crippen molar-refractivity contribution in [2.75, 3.05) is 0 Å². The highest BCUT2D eigenvalue weighted by atomic mass is 15.1. The molecule has 0 spiro atoms. The van der Waals surface area contributed by atoms with Crippen LogP contribution in [0.2, 0.25) is 0 Å². The number of benzene rings is 8. The second kappa shape index (κ2) is 9.33. The number of nitrogens with zero attached hydrogens (tertiary/aromatic N) is 4. The van der Waals surface area contributed by atoms with Gasteiger partial charge in [0.05, 0.1) is 33.1 Å². The van der Waals surface area contributed by atoms with Crippen LogP contribution in [0.25, 0.3) is 110 Å². The van der Waals surface area contributed by atoms with E-state index in [4.69, 9.17) is 0 Å². The first-order chi connectivity index (χ1) is 28.7.